The van der Waals surface area contributed by atoms with Gasteiger partial charge in [0.15, 0.2) is 0 Å². The number of hydrogen-bond acceptors (Lipinski definition) is 3. The minimum absolute atomic E-state index is 0.0570. The lowest BCUT2D eigenvalue weighted by atomic mass is 10.2. The van der Waals surface area contributed by atoms with Crippen LogP contribution >= 0.6 is 0 Å². The maximum Gasteiger partial charge on any atom is 0.407 e. The van der Waals surface area contributed by atoms with Gasteiger partial charge in [-0.2, -0.15) is 0 Å². The number of alkyl carbamates (subject to hydrolysis) is 1. The van der Waals surface area contributed by atoms with Crippen LogP contribution in [0.1, 0.15) is 53.9 Å². The molecule has 0 aliphatic heterocycles. The van der Waals surface area contributed by atoms with Gasteiger partial charge in [0.2, 0.25) is 5.91 Å². The molecular formula is C14H26N2O3. The quantitative estimate of drug-likeness (QED) is 0.753. The molecule has 1 atom stereocenters. The largest absolute Gasteiger partial charge is 0.444 e. The second-order valence-electron chi connectivity index (χ2n) is 6.85. The molecule has 1 unspecified atom stereocenters. The second kappa shape index (κ2) is 5.80. The summed E-state index contributed by atoms with van der Waals surface area (Å²) in [6.07, 6.45) is 1.67. The summed E-state index contributed by atoms with van der Waals surface area (Å²) in [5.41, 5.74) is -0.233. The van der Waals surface area contributed by atoms with E-state index in [2.05, 4.69) is 24.5 Å². The summed E-state index contributed by atoms with van der Waals surface area (Å²) in [5, 5.41) is 5.63. The zero-order chi connectivity index (χ0) is 14.7. The van der Waals surface area contributed by atoms with Crippen LogP contribution in [0.2, 0.25) is 0 Å². The molecule has 0 spiro atoms. The second-order valence-corrected chi connectivity index (χ2v) is 6.85. The number of rotatable bonds is 5. The van der Waals surface area contributed by atoms with E-state index in [0.717, 1.165) is 6.42 Å². The molecule has 0 aromatic heterocycles. The van der Waals surface area contributed by atoms with Crippen molar-refractivity contribution in [3.63, 3.8) is 0 Å². The molecule has 2 N–H and O–H groups in total. The van der Waals surface area contributed by atoms with E-state index < -0.39 is 11.7 Å². The average molecular weight is 270 g/mol. The monoisotopic (exact) mass is 270 g/mol. The highest BCUT2D eigenvalue weighted by molar-refractivity contribution is 5.76. The van der Waals surface area contributed by atoms with E-state index in [1.54, 1.807) is 0 Å². The van der Waals surface area contributed by atoms with E-state index in [0.29, 0.717) is 25.4 Å². The molecule has 0 aromatic carbocycles. The number of nitrogens with one attached hydrogen (secondary N) is 2. The summed E-state index contributed by atoms with van der Waals surface area (Å²) in [6.45, 7) is 10.2. The first-order chi connectivity index (χ1) is 8.60. The Bertz CT molecular complexity index is 345. The van der Waals surface area contributed by atoms with E-state index in [1.807, 2.05) is 20.8 Å². The highest BCUT2D eigenvalue weighted by Gasteiger charge is 2.46. The van der Waals surface area contributed by atoms with E-state index >= 15 is 0 Å². The third kappa shape index (κ3) is 6.45. The van der Waals surface area contributed by atoms with Gasteiger partial charge in [-0.1, -0.05) is 13.8 Å². The molecule has 110 valence electrons. The summed E-state index contributed by atoms with van der Waals surface area (Å²) in [4.78, 5) is 22.9. The maximum absolute atomic E-state index is 11.6. The van der Waals surface area contributed by atoms with Crippen LogP contribution in [0.15, 0.2) is 0 Å². The van der Waals surface area contributed by atoms with E-state index in [1.165, 1.54) is 0 Å². The fourth-order valence-electron chi connectivity index (χ4n) is 1.73. The zero-order valence-electron chi connectivity index (χ0n) is 12.6. The molecule has 0 aromatic rings. The van der Waals surface area contributed by atoms with Crippen molar-refractivity contribution in [2.75, 3.05) is 6.54 Å². The summed E-state index contributed by atoms with van der Waals surface area (Å²) in [5.74, 6) is 0.0570. The van der Waals surface area contributed by atoms with Crippen LogP contribution in [0.4, 0.5) is 4.79 Å². The first-order valence-electron chi connectivity index (χ1n) is 6.86. The molecule has 1 aliphatic carbocycles. The summed E-state index contributed by atoms with van der Waals surface area (Å²) < 4.78 is 5.10. The van der Waals surface area contributed by atoms with E-state index in [9.17, 15) is 9.59 Å². The molecule has 5 heteroatoms. The minimum Gasteiger partial charge on any atom is -0.444 e. The number of carbonyl (C=O) groups is 2. The van der Waals surface area contributed by atoms with Gasteiger partial charge in [0.25, 0.3) is 0 Å². The van der Waals surface area contributed by atoms with Crippen molar-refractivity contribution in [1.82, 2.24) is 10.6 Å². The molecule has 1 aliphatic rings. The third-order valence-corrected chi connectivity index (χ3v) is 3.10. The first kappa shape index (κ1) is 15.8. The Morgan fingerprint density at radius 3 is 2.37 bits per heavy atom. The normalized spacial score (nSPS) is 20.6. The molecular weight excluding hydrogens is 244 g/mol. The highest BCUT2D eigenvalue weighted by Crippen LogP contribution is 2.44. The minimum atomic E-state index is -0.487. The Hall–Kier alpha value is -1.26. The number of amides is 2. The molecule has 0 radical (unpaired) electrons. The lowest BCUT2D eigenvalue weighted by Crippen LogP contribution is -2.34. The third-order valence-electron chi connectivity index (χ3n) is 3.10. The zero-order valence-corrected chi connectivity index (χ0v) is 12.6. The van der Waals surface area contributed by atoms with Crippen molar-refractivity contribution < 1.29 is 14.3 Å². The van der Waals surface area contributed by atoms with Crippen molar-refractivity contribution >= 4 is 12.0 Å². The SMILES string of the molecule is CC(C)(C)OC(=O)NCCCC(=O)NC1CC1(C)C. The molecule has 0 heterocycles. The molecule has 5 nitrogen and oxygen atoms in total. The van der Waals surface area contributed by atoms with Gasteiger partial charge in [-0.15, -0.1) is 0 Å². The summed E-state index contributed by atoms with van der Waals surface area (Å²) in [7, 11) is 0. The van der Waals surface area contributed by atoms with Crippen LogP contribution < -0.4 is 10.6 Å². The van der Waals surface area contributed by atoms with Crippen molar-refractivity contribution in [2.45, 2.75) is 65.5 Å². The van der Waals surface area contributed by atoms with Gasteiger partial charge in [0.05, 0.1) is 0 Å². The molecule has 1 saturated carbocycles. The smallest absolute Gasteiger partial charge is 0.407 e. The van der Waals surface area contributed by atoms with Gasteiger partial charge in [-0.05, 0) is 39.0 Å². The predicted molar refractivity (Wildman–Crippen MR) is 73.8 cm³/mol. The Balaban J connectivity index is 2.05. The van der Waals surface area contributed by atoms with E-state index in [4.69, 9.17) is 4.74 Å². The predicted octanol–water partition coefficient (Wildman–Crippen LogP) is 2.21. The lowest BCUT2D eigenvalue weighted by molar-refractivity contribution is -0.121. The van der Waals surface area contributed by atoms with Crippen molar-refractivity contribution in [3.8, 4) is 0 Å². The fraction of sp³-hybridized carbons (Fsp3) is 0.857. The van der Waals surface area contributed by atoms with Gasteiger partial charge in [0, 0.05) is 19.0 Å². The standard InChI is InChI=1S/C14H26N2O3/c1-13(2,3)19-12(18)15-8-6-7-11(17)16-10-9-14(10,4)5/h10H,6-9H2,1-5H3,(H,15,18)(H,16,17). The van der Waals surface area contributed by atoms with Crippen LogP contribution in [0.5, 0.6) is 0 Å². The molecule has 1 fully saturated rings. The molecule has 0 bridgehead atoms. The Labute approximate surface area is 115 Å². The van der Waals surface area contributed by atoms with Crippen molar-refractivity contribution in [1.29, 1.82) is 0 Å². The molecule has 0 saturated heterocycles. The Kier molecular flexibility index (Phi) is 4.82. The van der Waals surface area contributed by atoms with Crippen molar-refractivity contribution in [3.05, 3.63) is 0 Å². The summed E-state index contributed by atoms with van der Waals surface area (Å²) in [6, 6.07) is 0.318. The Morgan fingerprint density at radius 2 is 1.89 bits per heavy atom. The molecule has 19 heavy (non-hydrogen) atoms. The molecule has 1 rings (SSSR count). The first-order valence-corrected chi connectivity index (χ1v) is 6.86. The van der Waals surface area contributed by atoms with E-state index in [-0.39, 0.29) is 11.3 Å². The molecule has 2 amide bonds. The fourth-order valence-corrected chi connectivity index (χ4v) is 1.73. The lowest BCUT2D eigenvalue weighted by Gasteiger charge is -2.19. The van der Waals surface area contributed by atoms with Gasteiger partial charge in [0.1, 0.15) is 5.60 Å². The topological polar surface area (TPSA) is 67.4 Å². The van der Waals surface area contributed by atoms with Gasteiger partial charge in [-0.3, -0.25) is 4.79 Å². The van der Waals surface area contributed by atoms with Gasteiger partial charge >= 0.3 is 6.09 Å². The van der Waals surface area contributed by atoms with Crippen LogP contribution in [0.3, 0.4) is 0 Å². The highest BCUT2D eigenvalue weighted by atomic mass is 16.6. The average Bonchev–Trinajstić information content (AvgIpc) is 2.78. The number of hydrogen-bond donors (Lipinski definition) is 2. The Morgan fingerprint density at radius 1 is 1.32 bits per heavy atom. The number of carbonyl (C=O) groups excluding carboxylic acids is 2. The van der Waals surface area contributed by atoms with Crippen LogP contribution in [-0.4, -0.2) is 30.2 Å². The van der Waals surface area contributed by atoms with Gasteiger partial charge in [-0.25, -0.2) is 4.79 Å². The number of ether oxygens (including phenoxy) is 1. The van der Waals surface area contributed by atoms with Crippen molar-refractivity contribution in [2.24, 2.45) is 5.41 Å². The summed E-state index contributed by atoms with van der Waals surface area (Å²) >= 11 is 0. The van der Waals surface area contributed by atoms with Gasteiger partial charge < -0.3 is 15.4 Å². The maximum atomic E-state index is 11.6. The van der Waals surface area contributed by atoms with Crippen LogP contribution in [0, 0.1) is 5.41 Å². The van der Waals surface area contributed by atoms with Crippen LogP contribution in [-0.2, 0) is 9.53 Å². The van der Waals surface area contributed by atoms with Crippen LogP contribution in [0.25, 0.3) is 0 Å².